The first kappa shape index (κ1) is 26.9. The second-order valence-electron chi connectivity index (χ2n) is 11.6. The summed E-state index contributed by atoms with van der Waals surface area (Å²) < 4.78 is 0. The summed E-state index contributed by atoms with van der Waals surface area (Å²) >= 11 is 0. The molecule has 1 aliphatic carbocycles. The monoisotopic (exact) mass is 512 g/mol. The zero-order valence-corrected chi connectivity index (χ0v) is 23.2. The molecule has 3 aliphatic rings. The fourth-order valence-electron chi connectivity index (χ4n) is 6.87. The third-order valence-electron chi connectivity index (χ3n) is 9.02. The highest BCUT2D eigenvalue weighted by molar-refractivity contribution is 6.09. The molecule has 38 heavy (non-hydrogen) atoms. The molecule has 1 saturated heterocycles. The van der Waals surface area contributed by atoms with Crippen molar-refractivity contribution in [2.75, 3.05) is 24.5 Å². The molecule has 0 aromatic heterocycles. The summed E-state index contributed by atoms with van der Waals surface area (Å²) in [4.78, 5) is 31.0. The number of piperidine rings is 1. The van der Waals surface area contributed by atoms with E-state index < -0.39 is 0 Å². The first-order valence-electron chi connectivity index (χ1n) is 15.1. The van der Waals surface area contributed by atoms with Gasteiger partial charge in [-0.3, -0.25) is 9.59 Å². The van der Waals surface area contributed by atoms with Crippen LogP contribution in [0.3, 0.4) is 0 Å². The number of carbonyl (C=O) groups is 2. The van der Waals surface area contributed by atoms with Gasteiger partial charge in [-0.2, -0.15) is 0 Å². The van der Waals surface area contributed by atoms with Crippen LogP contribution in [0.4, 0.5) is 5.69 Å². The van der Waals surface area contributed by atoms with E-state index in [1.807, 2.05) is 48.2 Å². The molecule has 4 heteroatoms. The Labute approximate surface area is 229 Å². The number of hydrogen-bond acceptors (Lipinski definition) is 3. The van der Waals surface area contributed by atoms with E-state index >= 15 is 0 Å². The molecule has 202 valence electrons. The van der Waals surface area contributed by atoms with E-state index in [9.17, 15) is 9.59 Å². The number of anilines is 1. The number of nitrogens with zero attached hydrogens (tertiary/aromatic N) is 2. The second-order valence-corrected chi connectivity index (χ2v) is 11.6. The van der Waals surface area contributed by atoms with Crippen LogP contribution >= 0.6 is 0 Å². The highest BCUT2D eigenvalue weighted by Crippen LogP contribution is 2.45. The Morgan fingerprint density at radius 2 is 1.63 bits per heavy atom. The molecule has 4 nitrogen and oxygen atoms in total. The molecule has 1 saturated carbocycles. The number of Topliss-reactive ketones (excluding diaryl/α,β-unsaturated/α-hetero) is 1. The van der Waals surface area contributed by atoms with Crippen molar-refractivity contribution < 1.29 is 9.59 Å². The number of hydrogen-bond donors (Lipinski definition) is 0. The fraction of sp³-hybridized carbons (Fsp3) is 0.529. The SMILES string of the molecule is C/C=C1/C(=O)N(Cc2ccc(C(=O)CCCN3CCCCC3)cc2)c2ccccc2C1CC1CCCCC1. The summed E-state index contributed by atoms with van der Waals surface area (Å²) in [6, 6.07) is 16.4. The summed E-state index contributed by atoms with van der Waals surface area (Å²) in [6.45, 7) is 5.91. The third kappa shape index (κ3) is 6.29. The van der Waals surface area contributed by atoms with Crippen molar-refractivity contribution in [2.45, 2.75) is 90.0 Å². The lowest BCUT2D eigenvalue weighted by atomic mass is 9.75. The predicted octanol–water partition coefficient (Wildman–Crippen LogP) is 7.68. The highest BCUT2D eigenvalue weighted by atomic mass is 16.2. The van der Waals surface area contributed by atoms with Crippen LogP contribution in [0, 0.1) is 5.92 Å². The van der Waals surface area contributed by atoms with E-state index in [0.29, 0.717) is 18.9 Å². The molecule has 0 radical (unpaired) electrons. The Bertz CT molecular complexity index is 1120. The number of benzene rings is 2. The van der Waals surface area contributed by atoms with Crippen LogP contribution in [0.25, 0.3) is 0 Å². The minimum Gasteiger partial charge on any atom is -0.304 e. The molecular weight excluding hydrogens is 468 g/mol. The Balaban J connectivity index is 1.25. The molecule has 1 amide bonds. The van der Waals surface area contributed by atoms with Crippen molar-refractivity contribution in [3.63, 3.8) is 0 Å². The van der Waals surface area contributed by atoms with Gasteiger partial charge in [-0.25, -0.2) is 0 Å². The van der Waals surface area contributed by atoms with Crippen molar-refractivity contribution in [1.29, 1.82) is 0 Å². The highest BCUT2D eigenvalue weighted by Gasteiger charge is 2.36. The molecule has 0 spiro atoms. The van der Waals surface area contributed by atoms with Gasteiger partial charge in [0.1, 0.15) is 0 Å². The number of ketones is 1. The molecule has 2 aromatic carbocycles. The Morgan fingerprint density at radius 1 is 0.921 bits per heavy atom. The molecule has 2 heterocycles. The van der Waals surface area contributed by atoms with Gasteiger partial charge >= 0.3 is 0 Å². The fourth-order valence-corrected chi connectivity index (χ4v) is 6.87. The van der Waals surface area contributed by atoms with E-state index in [1.165, 1.54) is 70.0 Å². The standard InChI is InChI=1S/C34H44N2O2/c1-2-29-31(24-26-12-5-3-6-13-26)30-14-7-8-15-32(30)36(34(29)38)25-27-17-19-28(20-18-27)33(37)16-11-23-35-21-9-4-10-22-35/h2,7-8,14-15,17-20,26,31H,3-6,9-13,16,21-25H2,1H3/b29-2+. The molecular formula is C34H44N2O2. The molecule has 2 aromatic rings. The quantitative estimate of drug-likeness (QED) is 0.255. The van der Waals surface area contributed by atoms with E-state index in [4.69, 9.17) is 0 Å². The second kappa shape index (κ2) is 12.9. The molecule has 1 atom stereocenters. The number of likely N-dealkylation sites (tertiary alicyclic amines) is 1. The van der Waals surface area contributed by atoms with E-state index in [-0.39, 0.29) is 17.6 Å². The first-order chi connectivity index (χ1) is 18.6. The number of para-hydroxylation sites is 1. The Hall–Kier alpha value is -2.72. The van der Waals surface area contributed by atoms with Crippen LogP contribution in [0.2, 0.25) is 0 Å². The van der Waals surface area contributed by atoms with Gasteiger partial charge < -0.3 is 9.80 Å². The summed E-state index contributed by atoms with van der Waals surface area (Å²) in [5.74, 6) is 1.24. The van der Waals surface area contributed by atoms with Crippen LogP contribution in [0.1, 0.15) is 105 Å². The van der Waals surface area contributed by atoms with Crippen molar-refractivity contribution in [2.24, 2.45) is 5.92 Å². The largest absolute Gasteiger partial charge is 0.304 e. The van der Waals surface area contributed by atoms with Gasteiger partial charge in [-0.05, 0) is 75.4 Å². The van der Waals surface area contributed by atoms with Crippen LogP contribution in [-0.4, -0.2) is 36.2 Å². The summed E-state index contributed by atoms with van der Waals surface area (Å²) in [5, 5.41) is 0. The number of rotatable bonds is 9. The zero-order valence-electron chi connectivity index (χ0n) is 23.2. The van der Waals surface area contributed by atoms with Gasteiger partial charge in [0.2, 0.25) is 0 Å². The minimum absolute atomic E-state index is 0.130. The molecule has 0 bridgehead atoms. The lowest BCUT2D eigenvalue weighted by molar-refractivity contribution is -0.115. The maximum Gasteiger partial charge on any atom is 0.254 e. The van der Waals surface area contributed by atoms with Gasteiger partial charge in [-0.15, -0.1) is 0 Å². The lowest BCUT2D eigenvalue weighted by Gasteiger charge is -2.38. The smallest absolute Gasteiger partial charge is 0.254 e. The lowest BCUT2D eigenvalue weighted by Crippen LogP contribution is -2.38. The number of fused-ring (bicyclic) bond motifs is 1. The Kier molecular flexibility index (Phi) is 9.11. The van der Waals surface area contributed by atoms with Gasteiger partial charge in [0.05, 0.1) is 6.54 Å². The van der Waals surface area contributed by atoms with Crippen LogP contribution in [0.15, 0.2) is 60.2 Å². The Morgan fingerprint density at radius 3 is 2.37 bits per heavy atom. The predicted molar refractivity (Wildman–Crippen MR) is 156 cm³/mol. The topological polar surface area (TPSA) is 40.6 Å². The minimum atomic E-state index is 0.130. The molecule has 0 N–H and O–H groups in total. The van der Waals surface area contributed by atoms with E-state index in [2.05, 4.69) is 23.1 Å². The van der Waals surface area contributed by atoms with Gasteiger partial charge in [0.15, 0.2) is 5.78 Å². The molecule has 5 rings (SSSR count). The van der Waals surface area contributed by atoms with Gasteiger partial charge in [0.25, 0.3) is 5.91 Å². The average Bonchev–Trinajstić information content (AvgIpc) is 2.96. The maximum absolute atomic E-state index is 13.8. The third-order valence-corrected chi connectivity index (χ3v) is 9.02. The number of carbonyl (C=O) groups excluding carboxylic acids is 2. The van der Waals surface area contributed by atoms with Crippen LogP contribution in [-0.2, 0) is 11.3 Å². The normalized spacial score (nSPS) is 22.0. The van der Waals surface area contributed by atoms with E-state index in [1.54, 1.807) is 0 Å². The van der Waals surface area contributed by atoms with Crippen LogP contribution in [0.5, 0.6) is 0 Å². The zero-order chi connectivity index (χ0) is 26.3. The number of allylic oxidation sites excluding steroid dienone is 1. The summed E-state index contributed by atoms with van der Waals surface area (Å²) in [7, 11) is 0. The summed E-state index contributed by atoms with van der Waals surface area (Å²) in [5.41, 5.74) is 5.10. The van der Waals surface area contributed by atoms with Crippen molar-refractivity contribution in [1.82, 2.24) is 4.90 Å². The van der Waals surface area contributed by atoms with Crippen molar-refractivity contribution >= 4 is 17.4 Å². The van der Waals surface area contributed by atoms with Crippen molar-refractivity contribution in [3.05, 3.63) is 76.9 Å². The maximum atomic E-state index is 13.8. The van der Waals surface area contributed by atoms with Crippen molar-refractivity contribution in [3.8, 4) is 0 Å². The van der Waals surface area contributed by atoms with Gasteiger partial charge in [0, 0.05) is 29.2 Å². The average molecular weight is 513 g/mol. The number of amides is 1. The van der Waals surface area contributed by atoms with E-state index in [0.717, 1.165) is 41.8 Å². The van der Waals surface area contributed by atoms with Crippen LogP contribution < -0.4 is 4.90 Å². The molecule has 2 aliphatic heterocycles. The summed E-state index contributed by atoms with van der Waals surface area (Å²) in [6.07, 6.45) is 15.1. The molecule has 1 unspecified atom stereocenters. The van der Waals surface area contributed by atoms with Gasteiger partial charge in [-0.1, -0.05) is 87.1 Å². The first-order valence-corrected chi connectivity index (χ1v) is 15.1. The molecule has 2 fully saturated rings.